The zero-order chi connectivity index (χ0) is 10.2. The van der Waals surface area contributed by atoms with Gasteiger partial charge in [0.05, 0.1) is 12.7 Å². The summed E-state index contributed by atoms with van der Waals surface area (Å²) in [7, 11) is 1.66. The third kappa shape index (κ3) is 1.62. The summed E-state index contributed by atoms with van der Waals surface area (Å²) in [4.78, 5) is 1.11. The van der Waals surface area contributed by atoms with Gasteiger partial charge < -0.3 is 9.84 Å². The Labute approximate surface area is 88.3 Å². The lowest BCUT2D eigenvalue weighted by atomic mass is 10.1. The standard InChI is InChI=1S/C11H14O2S/c1-13-9-7-8(11(12)5-6-11)3-4-10(9)14-2/h3-4,7,12H,5-6H2,1-2H3. The molecule has 2 rings (SSSR count). The SMILES string of the molecule is COc1cc(C2(O)CC2)ccc1SC. The second kappa shape index (κ2) is 3.48. The van der Waals surface area contributed by atoms with Crippen LogP contribution in [0.5, 0.6) is 5.75 Å². The van der Waals surface area contributed by atoms with Crippen LogP contribution >= 0.6 is 11.8 Å². The Hall–Kier alpha value is -0.670. The fraction of sp³-hybridized carbons (Fsp3) is 0.455. The minimum absolute atomic E-state index is 0.565. The van der Waals surface area contributed by atoms with Gasteiger partial charge in [0.15, 0.2) is 0 Å². The maximum Gasteiger partial charge on any atom is 0.132 e. The molecular formula is C11H14O2S. The van der Waals surface area contributed by atoms with Crippen LogP contribution in [0.15, 0.2) is 23.1 Å². The molecule has 1 fully saturated rings. The first kappa shape index (κ1) is 9.87. The normalized spacial score (nSPS) is 17.9. The zero-order valence-corrected chi connectivity index (χ0v) is 9.23. The molecule has 0 aliphatic heterocycles. The molecule has 0 radical (unpaired) electrons. The van der Waals surface area contributed by atoms with Gasteiger partial charge in [0.1, 0.15) is 5.75 Å². The number of ether oxygens (including phenoxy) is 1. The summed E-state index contributed by atoms with van der Waals surface area (Å²) in [6, 6.07) is 5.94. The number of hydrogen-bond acceptors (Lipinski definition) is 3. The van der Waals surface area contributed by atoms with Crippen molar-refractivity contribution in [1.29, 1.82) is 0 Å². The number of methoxy groups -OCH3 is 1. The van der Waals surface area contributed by atoms with Gasteiger partial charge in [-0.05, 0) is 36.8 Å². The molecule has 1 aliphatic carbocycles. The van der Waals surface area contributed by atoms with E-state index in [1.807, 2.05) is 24.5 Å². The Morgan fingerprint density at radius 1 is 1.43 bits per heavy atom. The van der Waals surface area contributed by atoms with Gasteiger partial charge in [-0.3, -0.25) is 0 Å². The van der Waals surface area contributed by atoms with E-state index in [1.165, 1.54) is 0 Å². The Bertz CT molecular complexity index is 345. The molecule has 0 spiro atoms. The molecule has 0 unspecified atom stereocenters. The van der Waals surface area contributed by atoms with Crippen molar-refractivity contribution in [1.82, 2.24) is 0 Å². The number of rotatable bonds is 3. The van der Waals surface area contributed by atoms with Gasteiger partial charge in [0.2, 0.25) is 0 Å². The van der Waals surface area contributed by atoms with E-state index in [0.717, 1.165) is 29.1 Å². The van der Waals surface area contributed by atoms with Crippen molar-refractivity contribution >= 4 is 11.8 Å². The van der Waals surface area contributed by atoms with Crippen molar-refractivity contribution in [3.63, 3.8) is 0 Å². The Morgan fingerprint density at radius 2 is 2.14 bits per heavy atom. The number of aliphatic hydroxyl groups is 1. The zero-order valence-electron chi connectivity index (χ0n) is 8.41. The minimum Gasteiger partial charge on any atom is -0.496 e. The molecule has 1 aromatic carbocycles. The molecule has 2 nitrogen and oxygen atoms in total. The molecule has 1 aliphatic rings. The van der Waals surface area contributed by atoms with E-state index in [-0.39, 0.29) is 0 Å². The Balaban J connectivity index is 2.36. The van der Waals surface area contributed by atoms with Gasteiger partial charge in [-0.15, -0.1) is 11.8 Å². The van der Waals surface area contributed by atoms with Gasteiger partial charge in [0.25, 0.3) is 0 Å². The number of benzene rings is 1. The van der Waals surface area contributed by atoms with Crippen molar-refractivity contribution in [3.05, 3.63) is 23.8 Å². The third-order valence-electron chi connectivity index (χ3n) is 2.64. The highest BCUT2D eigenvalue weighted by Crippen LogP contribution is 2.46. The minimum atomic E-state index is -0.565. The van der Waals surface area contributed by atoms with E-state index in [9.17, 15) is 5.11 Å². The van der Waals surface area contributed by atoms with Crippen LogP contribution in [-0.4, -0.2) is 18.5 Å². The van der Waals surface area contributed by atoms with Gasteiger partial charge in [-0.25, -0.2) is 0 Å². The molecule has 1 N–H and O–H groups in total. The first-order valence-corrected chi connectivity index (χ1v) is 5.87. The summed E-state index contributed by atoms with van der Waals surface area (Å²) in [6.07, 6.45) is 3.76. The second-order valence-corrected chi connectivity index (χ2v) is 4.45. The van der Waals surface area contributed by atoms with Crippen LogP contribution in [0.1, 0.15) is 18.4 Å². The average molecular weight is 210 g/mol. The molecular weight excluding hydrogens is 196 g/mol. The van der Waals surface area contributed by atoms with E-state index in [1.54, 1.807) is 18.9 Å². The fourth-order valence-electron chi connectivity index (χ4n) is 1.53. The quantitative estimate of drug-likeness (QED) is 0.777. The lowest BCUT2D eigenvalue weighted by Gasteiger charge is -2.12. The molecule has 1 saturated carbocycles. The van der Waals surface area contributed by atoms with Crippen molar-refractivity contribution in [3.8, 4) is 5.75 Å². The van der Waals surface area contributed by atoms with Crippen molar-refractivity contribution in [2.45, 2.75) is 23.3 Å². The fourth-order valence-corrected chi connectivity index (χ4v) is 2.08. The molecule has 0 heterocycles. The highest BCUT2D eigenvalue weighted by atomic mass is 32.2. The Kier molecular flexibility index (Phi) is 2.45. The molecule has 0 atom stereocenters. The van der Waals surface area contributed by atoms with Crippen LogP contribution in [0, 0.1) is 0 Å². The van der Waals surface area contributed by atoms with Gasteiger partial charge in [0, 0.05) is 4.90 Å². The van der Waals surface area contributed by atoms with Gasteiger partial charge in [-0.1, -0.05) is 6.07 Å². The van der Waals surface area contributed by atoms with E-state index >= 15 is 0 Å². The van der Waals surface area contributed by atoms with Crippen molar-refractivity contribution < 1.29 is 9.84 Å². The van der Waals surface area contributed by atoms with Crippen LogP contribution in [-0.2, 0) is 5.60 Å². The molecule has 1 aromatic rings. The van der Waals surface area contributed by atoms with E-state index < -0.39 is 5.60 Å². The molecule has 14 heavy (non-hydrogen) atoms. The predicted molar refractivity (Wildman–Crippen MR) is 57.9 cm³/mol. The first-order chi connectivity index (χ1) is 6.69. The van der Waals surface area contributed by atoms with E-state index in [4.69, 9.17) is 4.74 Å². The second-order valence-electron chi connectivity index (χ2n) is 3.60. The summed E-state index contributed by atoms with van der Waals surface area (Å²) < 4.78 is 5.27. The van der Waals surface area contributed by atoms with Crippen molar-refractivity contribution in [2.24, 2.45) is 0 Å². The van der Waals surface area contributed by atoms with Crippen LogP contribution in [0.3, 0.4) is 0 Å². The van der Waals surface area contributed by atoms with Crippen molar-refractivity contribution in [2.75, 3.05) is 13.4 Å². The molecule has 76 valence electrons. The summed E-state index contributed by atoms with van der Waals surface area (Å²) in [6.45, 7) is 0. The highest BCUT2D eigenvalue weighted by molar-refractivity contribution is 7.98. The van der Waals surface area contributed by atoms with Crippen LogP contribution in [0.2, 0.25) is 0 Å². The maximum absolute atomic E-state index is 9.92. The largest absolute Gasteiger partial charge is 0.496 e. The third-order valence-corrected chi connectivity index (χ3v) is 3.42. The summed E-state index contributed by atoms with van der Waals surface area (Å²) in [5.41, 5.74) is 0.414. The highest BCUT2D eigenvalue weighted by Gasteiger charge is 2.42. The summed E-state index contributed by atoms with van der Waals surface area (Å²) >= 11 is 1.65. The van der Waals surface area contributed by atoms with E-state index in [2.05, 4.69) is 0 Å². The lowest BCUT2D eigenvalue weighted by Crippen LogP contribution is -2.04. The van der Waals surface area contributed by atoms with Gasteiger partial charge >= 0.3 is 0 Å². The van der Waals surface area contributed by atoms with E-state index in [0.29, 0.717) is 0 Å². The lowest BCUT2D eigenvalue weighted by molar-refractivity contribution is 0.151. The topological polar surface area (TPSA) is 29.5 Å². The van der Waals surface area contributed by atoms with Crippen LogP contribution in [0.25, 0.3) is 0 Å². The molecule has 0 amide bonds. The molecule has 0 aromatic heterocycles. The smallest absolute Gasteiger partial charge is 0.132 e. The average Bonchev–Trinajstić information content (AvgIpc) is 2.97. The molecule has 0 saturated heterocycles. The van der Waals surface area contributed by atoms with Crippen LogP contribution < -0.4 is 4.74 Å². The number of hydrogen-bond donors (Lipinski definition) is 1. The summed E-state index contributed by atoms with van der Waals surface area (Å²) in [5.74, 6) is 0.857. The monoisotopic (exact) mass is 210 g/mol. The first-order valence-electron chi connectivity index (χ1n) is 4.64. The molecule has 0 bridgehead atoms. The summed E-state index contributed by atoms with van der Waals surface area (Å²) in [5, 5.41) is 9.92. The van der Waals surface area contributed by atoms with Crippen LogP contribution in [0.4, 0.5) is 0 Å². The van der Waals surface area contributed by atoms with Gasteiger partial charge in [-0.2, -0.15) is 0 Å². The predicted octanol–water partition coefficient (Wildman–Crippen LogP) is 2.40. The Morgan fingerprint density at radius 3 is 2.64 bits per heavy atom. The number of thioether (sulfide) groups is 1. The maximum atomic E-state index is 9.92. The molecule has 3 heteroatoms.